The summed E-state index contributed by atoms with van der Waals surface area (Å²) < 4.78 is 16.3. The standard InChI is InChI=1S/C22H25ClN4O4/c1-12(2)15-10-16(23)13(3)8-18(15)31-11-20(28)24-22-25-21(26-27-22)14-6-7-17(29-4)19(9-14)30-5/h6-10,12H,11H2,1-5H3,(H2,24,25,26,27,28). The van der Waals surface area contributed by atoms with E-state index in [9.17, 15) is 4.79 Å². The fraction of sp³-hybridized carbons (Fsp3) is 0.318. The molecule has 8 nitrogen and oxygen atoms in total. The second kappa shape index (κ2) is 9.70. The van der Waals surface area contributed by atoms with Crippen molar-refractivity contribution in [1.29, 1.82) is 0 Å². The van der Waals surface area contributed by atoms with Crippen LogP contribution in [0.2, 0.25) is 5.02 Å². The molecule has 0 unspecified atom stereocenters. The van der Waals surface area contributed by atoms with Crippen LogP contribution >= 0.6 is 11.6 Å². The molecule has 1 amide bonds. The van der Waals surface area contributed by atoms with Gasteiger partial charge in [0.1, 0.15) is 5.75 Å². The number of methoxy groups -OCH3 is 2. The minimum atomic E-state index is -0.375. The first-order chi connectivity index (χ1) is 14.8. The minimum Gasteiger partial charge on any atom is -0.493 e. The predicted molar refractivity (Wildman–Crippen MR) is 119 cm³/mol. The number of anilines is 1. The third-order valence-electron chi connectivity index (χ3n) is 4.67. The highest BCUT2D eigenvalue weighted by molar-refractivity contribution is 6.31. The molecule has 2 aromatic carbocycles. The molecule has 1 aromatic heterocycles. The fourth-order valence-corrected chi connectivity index (χ4v) is 3.15. The lowest BCUT2D eigenvalue weighted by Crippen LogP contribution is -2.21. The summed E-state index contributed by atoms with van der Waals surface area (Å²) in [6, 6.07) is 9.06. The number of halogens is 1. The lowest BCUT2D eigenvalue weighted by Gasteiger charge is -2.15. The van der Waals surface area contributed by atoms with Crippen molar-refractivity contribution in [2.24, 2.45) is 0 Å². The zero-order chi connectivity index (χ0) is 22.5. The summed E-state index contributed by atoms with van der Waals surface area (Å²) in [6.45, 7) is 5.79. The molecule has 9 heteroatoms. The highest BCUT2D eigenvalue weighted by Gasteiger charge is 2.15. The van der Waals surface area contributed by atoms with Gasteiger partial charge < -0.3 is 14.2 Å². The Hall–Kier alpha value is -3.26. The molecule has 0 aliphatic rings. The van der Waals surface area contributed by atoms with Gasteiger partial charge in [0.25, 0.3) is 5.91 Å². The molecule has 0 radical (unpaired) electrons. The number of nitrogens with zero attached hydrogens (tertiary/aromatic N) is 2. The van der Waals surface area contributed by atoms with Crippen molar-refractivity contribution in [2.75, 3.05) is 26.1 Å². The molecule has 0 saturated heterocycles. The van der Waals surface area contributed by atoms with Gasteiger partial charge in [0.05, 0.1) is 14.2 Å². The van der Waals surface area contributed by atoms with E-state index in [4.69, 9.17) is 25.8 Å². The van der Waals surface area contributed by atoms with Crippen LogP contribution < -0.4 is 19.5 Å². The van der Waals surface area contributed by atoms with Gasteiger partial charge in [0.2, 0.25) is 5.95 Å². The van der Waals surface area contributed by atoms with Gasteiger partial charge in [-0.05, 0) is 54.3 Å². The summed E-state index contributed by atoms with van der Waals surface area (Å²) in [6.07, 6.45) is 0. The Morgan fingerprint density at radius 2 is 1.87 bits per heavy atom. The first-order valence-electron chi connectivity index (χ1n) is 9.69. The van der Waals surface area contributed by atoms with E-state index in [1.165, 1.54) is 0 Å². The van der Waals surface area contributed by atoms with Crippen molar-refractivity contribution in [1.82, 2.24) is 15.2 Å². The third-order valence-corrected chi connectivity index (χ3v) is 5.07. The van der Waals surface area contributed by atoms with Gasteiger partial charge in [-0.3, -0.25) is 15.2 Å². The Kier molecular flexibility index (Phi) is 7.02. The monoisotopic (exact) mass is 444 g/mol. The molecular formula is C22H25ClN4O4. The Bertz CT molecular complexity index is 1080. The zero-order valence-corrected chi connectivity index (χ0v) is 18.8. The van der Waals surface area contributed by atoms with Crippen molar-refractivity contribution in [3.63, 3.8) is 0 Å². The van der Waals surface area contributed by atoms with Crippen molar-refractivity contribution in [3.8, 4) is 28.6 Å². The zero-order valence-electron chi connectivity index (χ0n) is 18.1. The maximum atomic E-state index is 12.4. The van der Waals surface area contributed by atoms with Crippen LogP contribution in [0.1, 0.15) is 30.9 Å². The number of aromatic nitrogens is 3. The van der Waals surface area contributed by atoms with Crippen molar-refractivity contribution in [3.05, 3.63) is 46.5 Å². The molecule has 3 rings (SSSR count). The summed E-state index contributed by atoms with van der Waals surface area (Å²) in [4.78, 5) is 16.7. The maximum absolute atomic E-state index is 12.4. The number of nitrogens with one attached hydrogen (secondary N) is 2. The van der Waals surface area contributed by atoms with Gasteiger partial charge in [0.15, 0.2) is 23.9 Å². The van der Waals surface area contributed by atoms with E-state index < -0.39 is 0 Å². The second-order valence-electron chi connectivity index (χ2n) is 7.21. The predicted octanol–water partition coefficient (Wildman–Crippen LogP) is 4.59. The van der Waals surface area contributed by atoms with E-state index in [1.54, 1.807) is 26.4 Å². The van der Waals surface area contributed by atoms with E-state index in [-0.39, 0.29) is 24.4 Å². The highest BCUT2D eigenvalue weighted by Crippen LogP contribution is 2.32. The molecule has 164 valence electrons. The van der Waals surface area contributed by atoms with Gasteiger partial charge in [0, 0.05) is 10.6 Å². The van der Waals surface area contributed by atoms with Gasteiger partial charge in [-0.1, -0.05) is 25.4 Å². The van der Waals surface area contributed by atoms with Gasteiger partial charge >= 0.3 is 0 Å². The number of ether oxygens (including phenoxy) is 3. The number of amides is 1. The lowest BCUT2D eigenvalue weighted by molar-refractivity contribution is -0.118. The van der Waals surface area contributed by atoms with Crippen LogP contribution in [0.5, 0.6) is 17.2 Å². The SMILES string of the molecule is COc1ccc(-c2nc(NC(=O)COc3cc(C)c(Cl)cc3C(C)C)n[nH]2)cc1OC. The first kappa shape index (κ1) is 22.4. The van der Waals surface area contributed by atoms with Crippen LogP contribution in [0.25, 0.3) is 11.4 Å². The molecule has 1 heterocycles. The van der Waals surface area contributed by atoms with E-state index >= 15 is 0 Å². The maximum Gasteiger partial charge on any atom is 0.264 e. The topological polar surface area (TPSA) is 98.4 Å². The normalized spacial score (nSPS) is 10.8. The molecule has 0 aliphatic heterocycles. The van der Waals surface area contributed by atoms with Crippen molar-refractivity contribution in [2.45, 2.75) is 26.7 Å². The van der Waals surface area contributed by atoms with Crippen LogP contribution in [-0.2, 0) is 4.79 Å². The van der Waals surface area contributed by atoms with Crippen molar-refractivity contribution < 1.29 is 19.0 Å². The van der Waals surface area contributed by atoms with Gasteiger partial charge in [-0.15, -0.1) is 5.10 Å². The number of rotatable bonds is 8. The molecule has 0 fully saturated rings. The molecule has 0 aliphatic carbocycles. The summed E-state index contributed by atoms with van der Waals surface area (Å²) in [5, 5.41) is 10.1. The summed E-state index contributed by atoms with van der Waals surface area (Å²) >= 11 is 6.22. The Morgan fingerprint density at radius 3 is 2.55 bits per heavy atom. The number of hydrogen-bond donors (Lipinski definition) is 2. The Labute approximate surface area is 185 Å². The largest absolute Gasteiger partial charge is 0.493 e. The van der Waals surface area contributed by atoms with E-state index in [1.807, 2.05) is 39.0 Å². The second-order valence-corrected chi connectivity index (χ2v) is 7.62. The lowest BCUT2D eigenvalue weighted by atomic mass is 10.0. The third kappa shape index (κ3) is 5.27. The molecule has 3 aromatic rings. The van der Waals surface area contributed by atoms with Crippen molar-refractivity contribution >= 4 is 23.5 Å². The average Bonchev–Trinajstić information content (AvgIpc) is 3.21. The van der Waals surface area contributed by atoms with Crippen LogP contribution in [-0.4, -0.2) is 41.9 Å². The molecular weight excluding hydrogens is 420 g/mol. The van der Waals surface area contributed by atoms with Gasteiger partial charge in [-0.25, -0.2) is 0 Å². The first-order valence-corrected chi connectivity index (χ1v) is 10.1. The van der Waals surface area contributed by atoms with E-state index in [0.717, 1.165) is 16.7 Å². The molecule has 0 atom stereocenters. The van der Waals surface area contributed by atoms with Crippen LogP contribution in [0.15, 0.2) is 30.3 Å². The molecule has 0 spiro atoms. The van der Waals surface area contributed by atoms with E-state index in [2.05, 4.69) is 20.5 Å². The Balaban J connectivity index is 1.67. The van der Waals surface area contributed by atoms with Crippen LogP contribution in [0, 0.1) is 6.92 Å². The highest BCUT2D eigenvalue weighted by atomic mass is 35.5. The van der Waals surface area contributed by atoms with Crippen LogP contribution in [0.4, 0.5) is 5.95 Å². The summed E-state index contributed by atoms with van der Waals surface area (Å²) in [5.41, 5.74) is 2.56. The van der Waals surface area contributed by atoms with Crippen LogP contribution in [0.3, 0.4) is 0 Å². The molecule has 31 heavy (non-hydrogen) atoms. The number of carbonyl (C=O) groups excluding carboxylic acids is 1. The number of hydrogen-bond acceptors (Lipinski definition) is 6. The Morgan fingerprint density at radius 1 is 1.13 bits per heavy atom. The molecule has 0 saturated carbocycles. The fourth-order valence-electron chi connectivity index (χ4n) is 2.98. The number of aromatic amines is 1. The molecule has 0 bridgehead atoms. The summed E-state index contributed by atoms with van der Waals surface area (Å²) in [7, 11) is 3.12. The number of aryl methyl sites for hydroxylation is 1. The quantitative estimate of drug-likeness (QED) is 0.527. The molecule has 2 N–H and O–H groups in total. The summed E-state index contributed by atoms with van der Waals surface area (Å²) in [5.74, 6) is 2.26. The number of benzene rings is 2. The average molecular weight is 445 g/mol. The van der Waals surface area contributed by atoms with Gasteiger partial charge in [-0.2, -0.15) is 4.98 Å². The minimum absolute atomic E-state index is 0.148. The van der Waals surface area contributed by atoms with E-state index in [0.29, 0.717) is 28.1 Å². The smallest absolute Gasteiger partial charge is 0.264 e. The number of carbonyl (C=O) groups is 1. The number of H-pyrrole nitrogens is 1.